The molecule has 0 saturated heterocycles. The summed E-state index contributed by atoms with van der Waals surface area (Å²) in [5.74, 6) is 0.839. The normalized spacial score (nSPS) is 10.7. The van der Waals surface area contributed by atoms with Crippen molar-refractivity contribution in [2.75, 3.05) is 7.11 Å². The Kier molecular flexibility index (Phi) is 3.55. The second-order valence-electron chi connectivity index (χ2n) is 3.79. The molecule has 2 nitrogen and oxygen atoms in total. The van der Waals surface area contributed by atoms with Gasteiger partial charge in [-0.2, -0.15) is 0 Å². The topological polar surface area (TPSA) is 21.6 Å². The number of aryl methyl sites for hydroxylation is 1. The highest BCUT2D eigenvalue weighted by atomic mass is 16.5. The summed E-state index contributed by atoms with van der Waals surface area (Å²) in [6.45, 7) is 2.06. The summed E-state index contributed by atoms with van der Waals surface area (Å²) in [6, 6.07) is 15.7. The highest BCUT2D eigenvalue weighted by Crippen LogP contribution is 2.14. The fourth-order valence-electron chi connectivity index (χ4n) is 1.41. The van der Waals surface area contributed by atoms with Crippen molar-refractivity contribution in [1.29, 1.82) is 0 Å². The first-order valence-electron chi connectivity index (χ1n) is 5.45. The molecule has 2 aromatic rings. The SMILES string of the molecule is COc1ccc([C]=Nc2ccc(C)cc2)cc1. The van der Waals surface area contributed by atoms with Gasteiger partial charge in [-0.1, -0.05) is 17.7 Å². The lowest BCUT2D eigenvalue weighted by Gasteiger charge is -1.98. The average molecular weight is 224 g/mol. The Balaban J connectivity index is 2.11. The molecule has 0 bridgehead atoms. The molecule has 0 aliphatic heterocycles. The van der Waals surface area contributed by atoms with Crippen LogP contribution in [0.25, 0.3) is 0 Å². The maximum absolute atomic E-state index is 5.09. The van der Waals surface area contributed by atoms with E-state index >= 15 is 0 Å². The first-order chi connectivity index (χ1) is 8.28. The first kappa shape index (κ1) is 11.4. The number of hydrogen-bond acceptors (Lipinski definition) is 2. The third-order valence-electron chi connectivity index (χ3n) is 2.44. The number of ether oxygens (including phenoxy) is 1. The summed E-state index contributed by atoms with van der Waals surface area (Å²) >= 11 is 0. The van der Waals surface area contributed by atoms with E-state index in [9.17, 15) is 0 Å². The van der Waals surface area contributed by atoms with Crippen LogP contribution in [0, 0.1) is 6.92 Å². The van der Waals surface area contributed by atoms with Gasteiger partial charge < -0.3 is 4.74 Å². The number of nitrogens with zero attached hydrogens (tertiary/aromatic N) is 1. The molecule has 0 heterocycles. The molecular weight excluding hydrogens is 210 g/mol. The molecule has 1 radical (unpaired) electrons. The zero-order valence-electron chi connectivity index (χ0n) is 9.97. The zero-order chi connectivity index (χ0) is 12.1. The van der Waals surface area contributed by atoms with E-state index in [0.717, 1.165) is 17.0 Å². The van der Waals surface area contributed by atoms with Gasteiger partial charge in [0.2, 0.25) is 0 Å². The third kappa shape index (κ3) is 3.18. The predicted molar refractivity (Wildman–Crippen MR) is 70.4 cm³/mol. The van der Waals surface area contributed by atoms with Crippen LogP contribution in [-0.2, 0) is 0 Å². The molecule has 0 aromatic heterocycles. The van der Waals surface area contributed by atoms with Crippen LogP contribution in [0.1, 0.15) is 11.1 Å². The molecule has 0 aliphatic rings. The van der Waals surface area contributed by atoms with Gasteiger partial charge in [-0.3, -0.25) is 0 Å². The monoisotopic (exact) mass is 224 g/mol. The molecule has 0 spiro atoms. The van der Waals surface area contributed by atoms with Crippen molar-refractivity contribution < 1.29 is 4.74 Å². The molecule has 0 aliphatic carbocycles. The number of aliphatic imine (C=N–C) groups is 1. The number of rotatable bonds is 3. The van der Waals surface area contributed by atoms with E-state index in [0.29, 0.717) is 0 Å². The summed E-state index contributed by atoms with van der Waals surface area (Å²) in [5.41, 5.74) is 3.08. The Hall–Kier alpha value is -2.09. The average Bonchev–Trinajstić information content (AvgIpc) is 2.39. The standard InChI is InChI=1S/C15H14NO/c1-12-3-7-14(8-4-12)16-11-13-5-9-15(17-2)10-6-13/h3-10H,1-2H3. The summed E-state index contributed by atoms with van der Waals surface area (Å²) in [6.07, 6.45) is 3.00. The first-order valence-corrected chi connectivity index (χ1v) is 5.45. The Morgan fingerprint density at radius 1 is 0.941 bits per heavy atom. The molecule has 0 N–H and O–H groups in total. The van der Waals surface area contributed by atoms with Gasteiger partial charge in [0.15, 0.2) is 0 Å². The van der Waals surface area contributed by atoms with Crippen LogP contribution in [0.2, 0.25) is 0 Å². The fourth-order valence-corrected chi connectivity index (χ4v) is 1.41. The second-order valence-corrected chi connectivity index (χ2v) is 3.79. The largest absolute Gasteiger partial charge is 0.497 e. The van der Waals surface area contributed by atoms with Gasteiger partial charge in [0.25, 0.3) is 0 Å². The molecular formula is C15H14NO. The van der Waals surface area contributed by atoms with Crippen LogP contribution in [0.15, 0.2) is 53.5 Å². The maximum Gasteiger partial charge on any atom is 0.118 e. The lowest BCUT2D eigenvalue weighted by atomic mass is 10.2. The molecule has 2 heteroatoms. The van der Waals surface area contributed by atoms with Crippen molar-refractivity contribution in [2.24, 2.45) is 4.99 Å². The van der Waals surface area contributed by atoms with Crippen LogP contribution in [0.4, 0.5) is 5.69 Å². The van der Waals surface area contributed by atoms with Crippen molar-refractivity contribution in [1.82, 2.24) is 0 Å². The van der Waals surface area contributed by atoms with Crippen molar-refractivity contribution >= 4 is 11.9 Å². The van der Waals surface area contributed by atoms with Crippen LogP contribution in [0.3, 0.4) is 0 Å². The van der Waals surface area contributed by atoms with Gasteiger partial charge >= 0.3 is 0 Å². The Bertz CT molecular complexity index is 497. The Morgan fingerprint density at radius 2 is 1.59 bits per heavy atom. The van der Waals surface area contributed by atoms with E-state index in [1.165, 1.54) is 5.56 Å². The molecule has 0 atom stereocenters. The van der Waals surface area contributed by atoms with Crippen molar-refractivity contribution in [2.45, 2.75) is 6.92 Å². The van der Waals surface area contributed by atoms with Gasteiger partial charge in [0, 0.05) is 5.56 Å². The Labute approximate surface area is 102 Å². The molecule has 17 heavy (non-hydrogen) atoms. The smallest absolute Gasteiger partial charge is 0.118 e. The fraction of sp³-hybridized carbons (Fsp3) is 0.133. The van der Waals surface area contributed by atoms with Gasteiger partial charge in [-0.25, -0.2) is 4.99 Å². The molecule has 85 valence electrons. The van der Waals surface area contributed by atoms with Gasteiger partial charge in [-0.15, -0.1) is 0 Å². The minimum Gasteiger partial charge on any atom is -0.497 e. The van der Waals surface area contributed by atoms with Crippen LogP contribution in [0.5, 0.6) is 5.75 Å². The van der Waals surface area contributed by atoms with Crippen LogP contribution >= 0.6 is 0 Å². The minimum atomic E-state index is 0.839. The van der Waals surface area contributed by atoms with Gasteiger partial charge in [0.1, 0.15) is 5.75 Å². The van der Waals surface area contributed by atoms with E-state index in [1.807, 2.05) is 48.5 Å². The second kappa shape index (κ2) is 5.30. The quantitative estimate of drug-likeness (QED) is 0.729. The molecule has 0 amide bonds. The molecule has 0 saturated carbocycles. The number of methoxy groups -OCH3 is 1. The van der Waals surface area contributed by atoms with E-state index in [2.05, 4.69) is 18.1 Å². The molecule has 2 rings (SSSR count). The predicted octanol–water partition coefficient (Wildman–Crippen LogP) is 3.63. The lowest BCUT2D eigenvalue weighted by Crippen LogP contribution is -1.84. The Morgan fingerprint density at radius 3 is 2.18 bits per heavy atom. The van der Waals surface area contributed by atoms with Gasteiger partial charge in [0.05, 0.1) is 19.0 Å². The summed E-state index contributed by atoms with van der Waals surface area (Å²) in [5, 5.41) is 0. The van der Waals surface area contributed by atoms with E-state index < -0.39 is 0 Å². The minimum absolute atomic E-state index is 0.839. The number of hydrogen-bond donors (Lipinski definition) is 0. The van der Waals surface area contributed by atoms with E-state index in [4.69, 9.17) is 4.74 Å². The highest BCUT2D eigenvalue weighted by molar-refractivity contribution is 5.82. The summed E-state index contributed by atoms with van der Waals surface area (Å²) < 4.78 is 5.09. The van der Waals surface area contributed by atoms with E-state index in [-0.39, 0.29) is 0 Å². The molecule has 2 aromatic carbocycles. The zero-order valence-corrected chi connectivity index (χ0v) is 9.97. The summed E-state index contributed by atoms with van der Waals surface area (Å²) in [7, 11) is 1.65. The third-order valence-corrected chi connectivity index (χ3v) is 2.44. The van der Waals surface area contributed by atoms with Crippen LogP contribution in [-0.4, -0.2) is 13.3 Å². The molecule has 0 unspecified atom stereocenters. The van der Waals surface area contributed by atoms with E-state index in [1.54, 1.807) is 7.11 Å². The van der Waals surface area contributed by atoms with Crippen molar-refractivity contribution in [3.05, 3.63) is 59.7 Å². The highest BCUT2D eigenvalue weighted by Gasteiger charge is 1.92. The maximum atomic E-state index is 5.09. The number of benzene rings is 2. The lowest BCUT2D eigenvalue weighted by molar-refractivity contribution is 0.415. The molecule has 0 fully saturated rings. The summed E-state index contributed by atoms with van der Waals surface area (Å²) in [4.78, 5) is 4.28. The van der Waals surface area contributed by atoms with Crippen molar-refractivity contribution in [3.63, 3.8) is 0 Å². The van der Waals surface area contributed by atoms with Crippen molar-refractivity contribution in [3.8, 4) is 5.75 Å². The van der Waals surface area contributed by atoms with Gasteiger partial charge in [-0.05, 0) is 43.3 Å². The van der Waals surface area contributed by atoms with Crippen LogP contribution < -0.4 is 4.74 Å².